The van der Waals surface area contributed by atoms with Gasteiger partial charge in [0.25, 0.3) is 0 Å². The molecule has 2 aromatic rings. The number of hydrogen-bond donors (Lipinski definition) is 0. The van der Waals surface area contributed by atoms with Crippen LogP contribution in [0, 0.1) is 0 Å². The quantitative estimate of drug-likeness (QED) is 0.844. The van der Waals surface area contributed by atoms with Crippen LogP contribution >= 0.6 is 0 Å². The third kappa shape index (κ3) is 2.82. The number of alkyl halides is 3. The van der Waals surface area contributed by atoms with Crippen molar-refractivity contribution in [3.8, 4) is 5.75 Å². The molecule has 1 aromatic heterocycles. The van der Waals surface area contributed by atoms with Crippen molar-refractivity contribution in [3.63, 3.8) is 0 Å². The van der Waals surface area contributed by atoms with Gasteiger partial charge in [0.15, 0.2) is 5.69 Å². The van der Waals surface area contributed by atoms with Gasteiger partial charge in [0.2, 0.25) is 0 Å². The van der Waals surface area contributed by atoms with Crippen molar-refractivity contribution in [3.05, 3.63) is 47.8 Å². The monoisotopic (exact) mass is 256 g/mol. The first-order chi connectivity index (χ1) is 8.49. The van der Waals surface area contributed by atoms with Crippen LogP contribution in [0.5, 0.6) is 5.75 Å². The van der Waals surface area contributed by atoms with Gasteiger partial charge in [-0.2, -0.15) is 18.3 Å². The number of benzene rings is 1. The molecule has 0 amide bonds. The normalized spacial score (nSPS) is 11.6. The Morgan fingerprint density at radius 1 is 1.28 bits per heavy atom. The van der Waals surface area contributed by atoms with Crippen LogP contribution in [-0.2, 0) is 12.7 Å². The number of ether oxygens (including phenoxy) is 1. The second kappa shape index (κ2) is 4.72. The molecule has 18 heavy (non-hydrogen) atoms. The Labute approximate surface area is 102 Å². The van der Waals surface area contributed by atoms with Crippen LogP contribution in [0.4, 0.5) is 13.2 Å². The minimum atomic E-state index is -4.40. The van der Waals surface area contributed by atoms with Crippen molar-refractivity contribution in [2.45, 2.75) is 12.7 Å². The molecule has 0 aliphatic carbocycles. The van der Waals surface area contributed by atoms with Crippen LogP contribution in [0.2, 0.25) is 0 Å². The first kappa shape index (κ1) is 12.5. The second-order valence-electron chi connectivity index (χ2n) is 3.75. The molecular weight excluding hydrogens is 245 g/mol. The van der Waals surface area contributed by atoms with Crippen LogP contribution in [0.1, 0.15) is 11.3 Å². The number of nitrogens with zero attached hydrogens (tertiary/aromatic N) is 2. The Balaban J connectivity index is 2.16. The zero-order valence-corrected chi connectivity index (χ0v) is 9.61. The predicted molar refractivity (Wildman–Crippen MR) is 59.3 cm³/mol. The molecule has 0 bridgehead atoms. The molecule has 96 valence electrons. The fourth-order valence-electron chi connectivity index (χ4n) is 1.56. The highest BCUT2D eigenvalue weighted by Gasteiger charge is 2.33. The highest BCUT2D eigenvalue weighted by molar-refractivity contribution is 5.28. The van der Waals surface area contributed by atoms with Crippen molar-refractivity contribution in [1.82, 2.24) is 9.78 Å². The van der Waals surface area contributed by atoms with E-state index in [0.29, 0.717) is 5.75 Å². The summed E-state index contributed by atoms with van der Waals surface area (Å²) in [6, 6.07) is 8.07. The molecule has 0 atom stereocenters. The van der Waals surface area contributed by atoms with Crippen molar-refractivity contribution in [2.75, 3.05) is 7.11 Å². The van der Waals surface area contributed by atoms with E-state index < -0.39 is 11.9 Å². The maximum Gasteiger partial charge on any atom is 0.435 e. The number of hydrogen-bond acceptors (Lipinski definition) is 2. The van der Waals surface area contributed by atoms with Crippen molar-refractivity contribution in [2.24, 2.45) is 0 Å². The highest BCUT2D eigenvalue weighted by Crippen LogP contribution is 2.27. The van der Waals surface area contributed by atoms with Crippen molar-refractivity contribution >= 4 is 0 Å². The van der Waals surface area contributed by atoms with E-state index in [0.717, 1.165) is 11.6 Å². The fourth-order valence-corrected chi connectivity index (χ4v) is 1.56. The Bertz CT molecular complexity index is 534. The van der Waals surface area contributed by atoms with Gasteiger partial charge in [-0.05, 0) is 23.8 Å². The number of rotatable bonds is 3. The van der Waals surface area contributed by atoms with Gasteiger partial charge in [0.05, 0.1) is 13.7 Å². The van der Waals surface area contributed by atoms with Gasteiger partial charge >= 0.3 is 6.18 Å². The molecule has 0 aliphatic heterocycles. The van der Waals surface area contributed by atoms with Gasteiger partial charge in [0, 0.05) is 6.20 Å². The van der Waals surface area contributed by atoms with Crippen molar-refractivity contribution < 1.29 is 17.9 Å². The van der Waals surface area contributed by atoms with Crippen LogP contribution in [0.15, 0.2) is 36.5 Å². The maximum absolute atomic E-state index is 12.4. The maximum atomic E-state index is 12.4. The zero-order valence-electron chi connectivity index (χ0n) is 9.61. The Kier molecular flexibility index (Phi) is 3.27. The number of aromatic nitrogens is 2. The summed E-state index contributed by atoms with van der Waals surface area (Å²) in [5, 5.41) is 3.48. The summed E-state index contributed by atoms with van der Waals surface area (Å²) >= 11 is 0. The standard InChI is InChI=1S/C12H11F3N2O/c1-18-10-4-2-3-9(7-10)8-17-6-5-11(16-17)12(13,14)15/h2-7H,8H2,1H3. The van der Waals surface area contributed by atoms with Gasteiger partial charge in [0.1, 0.15) is 5.75 Å². The third-order valence-electron chi connectivity index (χ3n) is 2.41. The molecule has 1 heterocycles. The van der Waals surface area contributed by atoms with E-state index >= 15 is 0 Å². The summed E-state index contributed by atoms with van der Waals surface area (Å²) in [4.78, 5) is 0. The first-order valence-electron chi connectivity index (χ1n) is 5.22. The molecule has 0 saturated carbocycles. The Morgan fingerprint density at radius 3 is 2.67 bits per heavy atom. The molecule has 2 rings (SSSR count). The van der Waals surface area contributed by atoms with Gasteiger partial charge in [-0.1, -0.05) is 12.1 Å². The Hall–Kier alpha value is -1.98. The molecule has 0 unspecified atom stereocenters. The first-order valence-corrected chi connectivity index (χ1v) is 5.22. The number of halogens is 3. The van der Waals surface area contributed by atoms with E-state index in [1.807, 2.05) is 0 Å². The lowest BCUT2D eigenvalue weighted by Gasteiger charge is -2.05. The molecule has 0 saturated heterocycles. The topological polar surface area (TPSA) is 27.1 Å². The van der Waals surface area contributed by atoms with Crippen LogP contribution in [-0.4, -0.2) is 16.9 Å². The molecule has 0 spiro atoms. The van der Waals surface area contributed by atoms with E-state index in [1.165, 1.54) is 18.0 Å². The summed E-state index contributed by atoms with van der Waals surface area (Å²) in [5.74, 6) is 0.663. The highest BCUT2D eigenvalue weighted by atomic mass is 19.4. The number of methoxy groups -OCH3 is 1. The molecule has 6 heteroatoms. The van der Waals surface area contributed by atoms with Crippen LogP contribution in [0.3, 0.4) is 0 Å². The zero-order chi connectivity index (χ0) is 13.2. The average Bonchev–Trinajstić information content (AvgIpc) is 2.77. The van der Waals surface area contributed by atoms with Gasteiger partial charge in [-0.25, -0.2) is 0 Å². The SMILES string of the molecule is COc1cccc(Cn2ccc(C(F)(F)F)n2)c1. The average molecular weight is 256 g/mol. The van der Waals surface area contributed by atoms with Gasteiger partial charge in [-0.3, -0.25) is 4.68 Å². The summed E-state index contributed by atoms with van der Waals surface area (Å²) in [7, 11) is 1.54. The third-order valence-corrected chi connectivity index (χ3v) is 2.41. The lowest BCUT2D eigenvalue weighted by atomic mass is 10.2. The van der Waals surface area contributed by atoms with E-state index in [-0.39, 0.29) is 6.54 Å². The van der Waals surface area contributed by atoms with Crippen LogP contribution in [0.25, 0.3) is 0 Å². The predicted octanol–water partition coefficient (Wildman–Crippen LogP) is 2.96. The van der Waals surface area contributed by atoms with E-state index in [9.17, 15) is 13.2 Å². The van der Waals surface area contributed by atoms with Crippen molar-refractivity contribution in [1.29, 1.82) is 0 Å². The molecule has 1 aromatic carbocycles. The fraction of sp³-hybridized carbons (Fsp3) is 0.250. The van der Waals surface area contributed by atoms with E-state index in [4.69, 9.17) is 4.74 Å². The minimum Gasteiger partial charge on any atom is -0.497 e. The molecule has 0 N–H and O–H groups in total. The second-order valence-corrected chi connectivity index (χ2v) is 3.75. The summed E-state index contributed by atoms with van der Waals surface area (Å²) in [6.07, 6.45) is -3.10. The van der Waals surface area contributed by atoms with E-state index in [1.54, 1.807) is 24.3 Å². The molecular formula is C12H11F3N2O. The molecule has 0 aliphatic rings. The molecule has 0 fully saturated rings. The Morgan fingerprint density at radius 2 is 2.06 bits per heavy atom. The lowest BCUT2D eigenvalue weighted by molar-refractivity contribution is -0.141. The van der Waals surface area contributed by atoms with Gasteiger partial charge in [-0.15, -0.1) is 0 Å². The van der Waals surface area contributed by atoms with E-state index in [2.05, 4.69) is 5.10 Å². The smallest absolute Gasteiger partial charge is 0.435 e. The molecule has 3 nitrogen and oxygen atoms in total. The van der Waals surface area contributed by atoms with Gasteiger partial charge < -0.3 is 4.74 Å². The summed E-state index contributed by atoms with van der Waals surface area (Å²) in [6.45, 7) is 0.271. The summed E-state index contributed by atoms with van der Waals surface area (Å²) < 4.78 is 43.4. The molecule has 0 radical (unpaired) electrons. The minimum absolute atomic E-state index is 0.271. The van der Waals surface area contributed by atoms with Crippen LogP contribution < -0.4 is 4.74 Å². The summed E-state index contributed by atoms with van der Waals surface area (Å²) in [5.41, 5.74) is -0.0587. The largest absolute Gasteiger partial charge is 0.497 e. The lowest BCUT2D eigenvalue weighted by Crippen LogP contribution is -2.08.